The van der Waals surface area contributed by atoms with Gasteiger partial charge >= 0.3 is 40.8 Å². The van der Waals surface area contributed by atoms with Gasteiger partial charge in [-0.3, -0.25) is 0 Å². The van der Waals surface area contributed by atoms with Crippen LogP contribution in [0.15, 0.2) is 0 Å². The molecule has 0 amide bonds. The SMILES string of the molecule is CCCCCCCCC(CCC)(CCC)C(=O)[O-].CCCCCCCCC(CCC)(CCC)C(=O)[O-].CCCCCCCCC(CCC)(CCC)C(=O)[O-].[Nd+3]. The number of carboxylic acids is 3. The maximum Gasteiger partial charge on any atom is 3.00 e. The molecule has 0 saturated carbocycles. The van der Waals surface area contributed by atoms with Crippen molar-refractivity contribution < 1.29 is 70.5 Å². The fourth-order valence-corrected chi connectivity index (χ4v) is 8.65. The van der Waals surface area contributed by atoms with Crippen LogP contribution >= 0.6 is 0 Å². The van der Waals surface area contributed by atoms with Crippen LogP contribution in [0.2, 0.25) is 0 Å². The van der Waals surface area contributed by atoms with Crippen LogP contribution in [0.25, 0.3) is 0 Å². The molecule has 0 fully saturated rings. The van der Waals surface area contributed by atoms with Crippen molar-refractivity contribution in [3.8, 4) is 0 Å². The van der Waals surface area contributed by atoms with E-state index < -0.39 is 34.2 Å². The second-order valence-corrected chi connectivity index (χ2v) is 16.8. The Labute approximate surface area is 376 Å². The molecule has 7 heteroatoms. The summed E-state index contributed by atoms with van der Waals surface area (Å²) in [6.07, 6.45) is 34.6. The van der Waals surface area contributed by atoms with Crippen LogP contribution in [0.1, 0.15) is 274 Å². The first-order chi connectivity index (χ1) is 25.9. The van der Waals surface area contributed by atoms with Crippen LogP contribution in [0.5, 0.6) is 0 Å². The van der Waals surface area contributed by atoms with E-state index in [1.165, 1.54) is 96.3 Å². The summed E-state index contributed by atoms with van der Waals surface area (Å²) >= 11 is 0. The molecule has 0 heterocycles. The minimum atomic E-state index is -0.820. The van der Waals surface area contributed by atoms with Gasteiger partial charge in [-0.05, 0) is 57.8 Å². The van der Waals surface area contributed by atoms with Crippen molar-refractivity contribution in [2.24, 2.45) is 16.2 Å². The first kappa shape index (κ1) is 61.4. The van der Waals surface area contributed by atoms with E-state index in [0.29, 0.717) is 0 Å². The third kappa shape index (κ3) is 30.5. The zero-order valence-electron chi connectivity index (χ0n) is 38.3. The Morgan fingerprint density at radius 2 is 0.436 bits per heavy atom. The number of hydrogen-bond donors (Lipinski definition) is 0. The van der Waals surface area contributed by atoms with Gasteiger partial charge in [0, 0.05) is 34.2 Å². The molecular weight excluding hydrogens is 817 g/mol. The van der Waals surface area contributed by atoms with Crippen LogP contribution in [0.3, 0.4) is 0 Å². The fraction of sp³-hybridized carbons (Fsp3) is 0.938. The summed E-state index contributed by atoms with van der Waals surface area (Å²) in [6.45, 7) is 19.0. The number of unbranched alkanes of at least 4 members (excludes halogenated alkanes) is 15. The van der Waals surface area contributed by atoms with Crippen LogP contribution in [-0.4, -0.2) is 17.9 Å². The molecule has 0 saturated heterocycles. The predicted molar refractivity (Wildman–Crippen MR) is 226 cm³/mol. The molecule has 0 atom stereocenters. The summed E-state index contributed by atoms with van der Waals surface area (Å²) in [5, 5.41) is 34.4. The van der Waals surface area contributed by atoms with Gasteiger partial charge in [0.05, 0.1) is 0 Å². The molecular formula is C48H93NdO6. The molecule has 0 N–H and O–H groups in total. The Morgan fingerprint density at radius 1 is 0.273 bits per heavy atom. The van der Waals surface area contributed by atoms with E-state index in [1.807, 2.05) is 0 Å². The number of carboxylic acid groups (broad SMARTS) is 3. The van der Waals surface area contributed by atoms with E-state index in [1.54, 1.807) is 0 Å². The Balaban J connectivity index is -0.000000351. The molecule has 0 bridgehead atoms. The second kappa shape index (κ2) is 41.9. The molecule has 1 radical (unpaired) electrons. The zero-order valence-corrected chi connectivity index (χ0v) is 41.5. The standard InChI is InChI=1S/3C16H32O2.Nd/c3*1-4-7-8-9-10-11-14-16(12-5-2,13-6-3)15(17)18;/h3*4-14H2,1-3H3,(H,17,18);/q;;;+3/p-3. The monoisotopic (exact) mass is 908 g/mol. The van der Waals surface area contributed by atoms with Gasteiger partial charge in [-0.15, -0.1) is 0 Å². The smallest absolute Gasteiger partial charge is 0.550 e. The second-order valence-electron chi connectivity index (χ2n) is 16.8. The summed E-state index contributed by atoms with van der Waals surface area (Å²) in [4.78, 5) is 34.4. The summed E-state index contributed by atoms with van der Waals surface area (Å²) in [6, 6.07) is 0. The maximum atomic E-state index is 11.5. The van der Waals surface area contributed by atoms with Crippen molar-refractivity contribution in [1.29, 1.82) is 0 Å². The Morgan fingerprint density at radius 3 is 0.582 bits per heavy atom. The number of rotatable bonds is 36. The van der Waals surface area contributed by atoms with E-state index in [2.05, 4.69) is 62.3 Å². The number of carbonyl (C=O) groups is 3. The first-order valence-corrected chi connectivity index (χ1v) is 23.5. The van der Waals surface area contributed by atoms with E-state index in [0.717, 1.165) is 116 Å². The molecule has 0 aromatic carbocycles. The average Bonchev–Trinajstić information content (AvgIpc) is 3.13. The molecule has 0 aromatic rings. The fourth-order valence-electron chi connectivity index (χ4n) is 8.65. The number of hydrogen-bond acceptors (Lipinski definition) is 6. The van der Waals surface area contributed by atoms with Crippen molar-refractivity contribution in [2.45, 2.75) is 274 Å². The van der Waals surface area contributed by atoms with Gasteiger partial charge in [-0.2, -0.15) is 0 Å². The molecule has 0 aliphatic carbocycles. The largest absolute Gasteiger partial charge is 3.00 e. The summed E-state index contributed by atoms with van der Waals surface area (Å²) in [5.74, 6) is -2.46. The molecule has 6 nitrogen and oxygen atoms in total. The molecule has 0 aliphatic heterocycles. The third-order valence-electron chi connectivity index (χ3n) is 11.7. The molecule has 0 unspecified atom stereocenters. The number of carbonyl (C=O) groups excluding carboxylic acids is 3. The van der Waals surface area contributed by atoms with Gasteiger partial charge in [0.25, 0.3) is 0 Å². The molecule has 0 spiro atoms. The topological polar surface area (TPSA) is 120 Å². The molecule has 0 aliphatic rings. The Bertz CT molecular complexity index is 732. The van der Waals surface area contributed by atoms with Gasteiger partial charge in [0.2, 0.25) is 0 Å². The van der Waals surface area contributed by atoms with Crippen LogP contribution in [0.4, 0.5) is 0 Å². The van der Waals surface area contributed by atoms with Crippen LogP contribution < -0.4 is 15.3 Å². The van der Waals surface area contributed by atoms with Crippen LogP contribution in [0, 0.1) is 57.1 Å². The molecule has 325 valence electrons. The van der Waals surface area contributed by atoms with Crippen molar-refractivity contribution in [2.75, 3.05) is 0 Å². The number of aliphatic carboxylic acids is 3. The third-order valence-corrected chi connectivity index (χ3v) is 11.7. The van der Waals surface area contributed by atoms with Gasteiger partial charge < -0.3 is 29.7 Å². The van der Waals surface area contributed by atoms with Crippen LogP contribution in [-0.2, 0) is 14.4 Å². The normalized spacial score (nSPS) is 11.5. The maximum absolute atomic E-state index is 11.5. The van der Waals surface area contributed by atoms with Crippen molar-refractivity contribution >= 4 is 17.9 Å². The van der Waals surface area contributed by atoms with Gasteiger partial charge in [-0.25, -0.2) is 0 Å². The Kier molecular flexibility index (Phi) is 46.8. The summed E-state index contributed by atoms with van der Waals surface area (Å²) in [5.41, 5.74) is -1.64. The van der Waals surface area contributed by atoms with E-state index in [9.17, 15) is 29.7 Å². The minimum Gasteiger partial charge on any atom is -0.550 e. The quantitative estimate of drug-likeness (QED) is 0.0577. The molecule has 0 rings (SSSR count). The van der Waals surface area contributed by atoms with Crippen molar-refractivity contribution in [1.82, 2.24) is 0 Å². The molecule has 55 heavy (non-hydrogen) atoms. The zero-order chi connectivity index (χ0) is 41.6. The first-order valence-electron chi connectivity index (χ1n) is 23.5. The van der Waals surface area contributed by atoms with Gasteiger partial charge in [-0.1, -0.05) is 216 Å². The van der Waals surface area contributed by atoms with Crippen molar-refractivity contribution in [3.63, 3.8) is 0 Å². The predicted octanol–water partition coefficient (Wildman–Crippen LogP) is 12.2. The van der Waals surface area contributed by atoms with Gasteiger partial charge in [0.1, 0.15) is 0 Å². The Hall–Kier alpha value is -0.239. The minimum absolute atomic E-state index is 0. The summed E-state index contributed by atoms with van der Waals surface area (Å²) in [7, 11) is 0. The van der Waals surface area contributed by atoms with E-state index >= 15 is 0 Å². The van der Waals surface area contributed by atoms with E-state index in [-0.39, 0.29) is 40.8 Å². The van der Waals surface area contributed by atoms with Crippen molar-refractivity contribution in [3.05, 3.63) is 0 Å². The summed E-state index contributed by atoms with van der Waals surface area (Å²) < 4.78 is 0. The average molecular weight is 911 g/mol. The molecule has 0 aromatic heterocycles. The van der Waals surface area contributed by atoms with Gasteiger partial charge in [0.15, 0.2) is 0 Å². The van der Waals surface area contributed by atoms with E-state index in [4.69, 9.17) is 0 Å².